The molecular formula is C31H34FNO4. The Morgan fingerprint density at radius 2 is 1.84 bits per heavy atom. The number of phenolic OH excluding ortho intramolecular Hbond substituents is 2. The molecule has 3 unspecified atom stereocenters. The molecule has 3 atom stereocenters. The molecule has 2 N–H and O–H groups in total. The summed E-state index contributed by atoms with van der Waals surface area (Å²) in [6.07, 6.45) is 1.32. The van der Waals surface area contributed by atoms with Crippen LogP contribution in [0.4, 0.5) is 4.39 Å². The summed E-state index contributed by atoms with van der Waals surface area (Å²) in [7, 11) is 0. The average Bonchev–Trinajstić information content (AvgIpc) is 3.37. The first-order chi connectivity index (χ1) is 17.9. The molecule has 0 aromatic heterocycles. The molecular weight excluding hydrogens is 469 g/mol. The molecule has 1 fully saturated rings. The first-order valence-corrected chi connectivity index (χ1v) is 13.0. The van der Waals surface area contributed by atoms with Gasteiger partial charge in [0.1, 0.15) is 35.7 Å². The van der Waals surface area contributed by atoms with E-state index in [0.717, 1.165) is 53.1 Å². The quantitative estimate of drug-likeness (QED) is 0.362. The van der Waals surface area contributed by atoms with Gasteiger partial charge in [-0.15, -0.1) is 0 Å². The monoisotopic (exact) mass is 503 g/mol. The largest absolute Gasteiger partial charge is 0.508 e. The smallest absolute Gasteiger partial charge is 0.150 e. The Kier molecular flexibility index (Phi) is 7.38. The first kappa shape index (κ1) is 25.2. The van der Waals surface area contributed by atoms with E-state index >= 15 is 0 Å². The van der Waals surface area contributed by atoms with Crippen LogP contribution in [-0.2, 0) is 0 Å². The van der Waals surface area contributed by atoms with E-state index in [-0.39, 0.29) is 30.3 Å². The second-order valence-electron chi connectivity index (χ2n) is 10.1. The zero-order valence-electron chi connectivity index (χ0n) is 21.4. The summed E-state index contributed by atoms with van der Waals surface area (Å²) in [4.78, 5) is 2.38. The molecule has 0 radical (unpaired) electrons. The van der Waals surface area contributed by atoms with Crippen molar-refractivity contribution in [2.75, 3.05) is 26.4 Å². The summed E-state index contributed by atoms with van der Waals surface area (Å²) in [5, 5.41) is 20.2. The van der Waals surface area contributed by atoms with Gasteiger partial charge < -0.3 is 19.7 Å². The van der Waals surface area contributed by atoms with Crippen molar-refractivity contribution in [3.05, 3.63) is 83.4 Å². The van der Waals surface area contributed by atoms with Gasteiger partial charge in [-0.2, -0.15) is 0 Å². The van der Waals surface area contributed by atoms with Gasteiger partial charge in [0, 0.05) is 23.7 Å². The van der Waals surface area contributed by atoms with Crippen molar-refractivity contribution < 1.29 is 24.1 Å². The van der Waals surface area contributed by atoms with Crippen LogP contribution in [0.2, 0.25) is 0 Å². The van der Waals surface area contributed by atoms with Gasteiger partial charge in [0.15, 0.2) is 0 Å². The van der Waals surface area contributed by atoms with Crippen LogP contribution in [0.3, 0.4) is 0 Å². The SMILES string of the molecule is CC1=C(c2cccc(O)c2)C(c2ccc(OCC(C)N3CCC(CCF)C3)cc2)Oc2ccc(O)cc21. The fraction of sp³-hybridized carbons (Fsp3) is 0.355. The van der Waals surface area contributed by atoms with Gasteiger partial charge in [-0.1, -0.05) is 24.3 Å². The van der Waals surface area contributed by atoms with Crippen molar-refractivity contribution in [2.45, 2.75) is 38.8 Å². The maximum Gasteiger partial charge on any atom is 0.150 e. The van der Waals surface area contributed by atoms with Crippen LogP contribution >= 0.6 is 0 Å². The Balaban J connectivity index is 1.35. The van der Waals surface area contributed by atoms with Crippen molar-refractivity contribution in [1.29, 1.82) is 0 Å². The van der Waals surface area contributed by atoms with Crippen molar-refractivity contribution in [3.8, 4) is 23.0 Å². The number of halogens is 1. The number of ether oxygens (including phenoxy) is 2. The van der Waals surface area contributed by atoms with Gasteiger partial charge in [-0.05, 0) is 98.3 Å². The van der Waals surface area contributed by atoms with E-state index in [0.29, 0.717) is 24.7 Å². The van der Waals surface area contributed by atoms with E-state index in [9.17, 15) is 14.6 Å². The Hall–Kier alpha value is -3.51. The zero-order valence-corrected chi connectivity index (χ0v) is 21.4. The maximum absolute atomic E-state index is 12.7. The molecule has 6 heteroatoms. The number of alkyl halides is 1. The molecule has 2 aliphatic heterocycles. The highest BCUT2D eigenvalue weighted by Gasteiger charge is 2.30. The maximum atomic E-state index is 12.7. The minimum atomic E-state index is -0.385. The molecule has 3 aromatic rings. The summed E-state index contributed by atoms with van der Waals surface area (Å²) >= 11 is 0. The van der Waals surface area contributed by atoms with Gasteiger partial charge >= 0.3 is 0 Å². The number of likely N-dealkylation sites (tertiary alicyclic amines) is 1. The summed E-state index contributed by atoms with van der Waals surface area (Å²) in [5.74, 6) is 2.31. The third-order valence-electron chi connectivity index (χ3n) is 7.57. The number of benzene rings is 3. The Morgan fingerprint density at radius 1 is 1.05 bits per heavy atom. The summed E-state index contributed by atoms with van der Waals surface area (Å²) < 4.78 is 25.2. The van der Waals surface area contributed by atoms with Gasteiger partial charge in [-0.25, -0.2) is 0 Å². The lowest BCUT2D eigenvalue weighted by atomic mass is 9.86. The molecule has 2 heterocycles. The van der Waals surface area contributed by atoms with Gasteiger partial charge in [0.05, 0.1) is 6.67 Å². The Labute approximate surface area is 217 Å². The van der Waals surface area contributed by atoms with Crippen molar-refractivity contribution in [2.24, 2.45) is 5.92 Å². The van der Waals surface area contributed by atoms with E-state index < -0.39 is 0 Å². The second-order valence-corrected chi connectivity index (χ2v) is 10.1. The number of hydrogen-bond donors (Lipinski definition) is 2. The lowest BCUT2D eigenvalue weighted by Crippen LogP contribution is -2.35. The van der Waals surface area contributed by atoms with E-state index in [1.807, 2.05) is 43.3 Å². The molecule has 5 rings (SSSR count). The van der Waals surface area contributed by atoms with Crippen molar-refractivity contribution >= 4 is 11.1 Å². The summed E-state index contributed by atoms with van der Waals surface area (Å²) in [6, 6.07) is 20.5. The lowest BCUT2D eigenvalue weighted by molar-refractivity contribution is 0.167. The zero-order chi connectivity index (χ0) is 25.9. The highest BCUT2D eigenvalue weighted by Crippen LogP contribution is 2.47. The third-order valence-corrected chi connectivity index (χ3v) is 7.57. The van der Waals surface area contributed by atoms with Crippen LogP contribution in [0, 0.1) is 5.92 Å². The van der Waals surface area contributed by atoms with Crippen molar-refractivity contribution in [3.63, 3.8) is 0 Å². The number of aromatic hydroxyl groups is 2. The number of nitrogens with zero attached hydrogens (tertiary/aromatic N) is 1. The third kappa shape index (κ3) is 5.44. The first-order valence-electron chi connectivity index (χ1n) is 13.0. The van der Waals surface area contributed by atoms with Crippen LogP contribution in [0.5, 0.6) is 23.0 Å². The topological polar surface area (TPSA) is 62.2 Å². The summed E-state index contributed by atoms with van der Waals surface area (Å²) in [6.45, 7) is 6.45. The Morgan fingerprint density at radius 3 is 2.59 bits per heavy atom. The fourth-order valence-electron chi connectivity index (χ4n) is 5.43. The minimum absolute atomic E-state index is 0.179. The molecule has 194 valence electrons. The standard InChI is InChI=1S/C31H34FNO4/c1-20(33-15-13-22(18-33)12-14-32)19-36-27-9-6-23(7-10-27)31-30(24-4-3-5-25(34)16-24)21(2)28-17-26(35)8-11-29(28)37-31/h3-11,16-17,20,22,31,34-35H,12-15,18-19H2,1-2H3. The highest BCUT2D eigenvalue weighted by molar-refractivity contribution is 5.95. The van der Waals surface area contributed by atoms with Gasteiger partial charge in [0.2, 0.25) is 0 Å². The number of phenols is 2. The normalized spacial score (nSPS) is 20.4. The summed E-state index contributed by atoms with van der Waals surface area (Å²) in [5.41, 5.74) is 4.58. The number of hydrogen-bond acceptors (Lipinski definition) is 5. The predicted octanol–water partition coefficient (Wildman–Crippen LogP) is 6.61. The fourth-order valence-corrected chi connectivity index (χ4v) is 5.43. The Bertz CT molecular complexity index is 1270. The van der Waals surface area contributed by atoms with Crippen molar-refractivity contribution in [1.82, 2.24) is 4.90 Å². The minimum Gasteiger partial charge on any atom is -0.508 e. The molecule has 5 nitrogen and oxygen atoms in total. The predicted molar refractivity (Wildman–Crippen MR) is 144 cm³/mol. The molecule has 3 aromatic carbocycles. The van der Waals surface area contributed by atoms with Gasteiger partial charge in [0.25, 0.3) is 0 Å². The second kappa shape index (κ2) is 10.9. The lowest BCUT2D eigenvalue weighted by Gasteiger charge is -2.31. The van der Waals surface area contributed by atoms with Crippen LogP contribution in [-0.4, -0.2) is 47.5 Å². The van der Waals surface area contributed by atoms with Crippen LogP contribution in [0.25, 0.3) is 11.1 Å². The molecule has 0 amide bonds. The number of allylic oxidation sites excluding steroid dienone is 1. The molecule has 1 saturated heterocycles. The van der Waals surface area contributed by atoms with Crippen LogP contribution < -0.4 is 9.47 Å². The molecule has 0 saturated carbocycles. The molecule has 0 aliphatic carbocycles. The molecule has 2 aliphatic rings. The number of rotatable bonds is 8. The van der Waals surface area contributed by atoms with E-state index in [2.05, 4.69) is 11.8 Å². The highest BCUT2D eigenvalue weighted by atomic mass is 19.1. The van der Waals surface area contributed by atoms with E-state index in [1.165, 1.54) is 0 Å². The van der Waals surface area contributed by atoms with Crippen LogP contribution in [0.15, 0.2) is 66.7 Å². The van der Waals surface area contributed by atoms with E-state index in [4.69, 9.17) is 9.47 Å². The average molecular weight is 504 g/mol. The molecule has 0 bridgehead atoms. The van der Waals surface area contributed by atoms with Gasteiger partial charge in [-0.3, -0.25) is 9.29 Å². The number of fused-ring (bicyclic) bond motifs is 1. The molecule has 0 spiro atoms. The van der Waals surface area contributed by atoms with Crippen LogP contribution in [0.1, 0.15) is 49.5 Å². The molecule has 37 heavy (non-hydrogen) atoms. The van der Waals surface area contributed by atoms with E-state index in [1.54, 1.807) is 30.3 Å².